The molecule has 0 unspecified atom stereocenters. The van der Waals surface area contributed by atoms with Gasteiger partial charge >= 0.3 is 0 Å². The van der Waals surface area contributed by atoms with Gasteiger partial charge in [-0.05, 0) is 46.2 Å². The number of fused-ring (bicyclic) bond motifs is 3. The first-order chi connectivity index (χ1) is 13.3. The minimum Gasteiger partial charge on any atom is -0.248 e. The quantitative estimate of drug-likeness (QED) is 0.275. The standard InChI is InChI=1S/C25H16BrN/c26-20-13-11-18-12-14-23-25(21(18)15-20)22(17-7-3-1-4-8-17)16-24(27-23)19-9-5-2-6-10-19/h1-16H. The maximum Gasteiger partial charge on any atom is 0.0722 e. The zero-order chi connectivity index (χ0) is 18.2. The van der Waals surface area contributed by atoms with Crippen LogP contribution in [0.5, 0.6) is 0 Å². The van der Waals surface area contributed by atoms with Gasteiger partial charge in [-0.15, -0.1) is 0 Å². The van der Waals surface area contributed by atoms with Gasteiger partial charge in [0, 0.05) is 15.4 Å². The topological polar surface area (TPSA) is 12.9 Å². The molecule has 128 valence electrons. The molecule has 0 fully saturated rings. The zero-order valence-electron chi connectivity index (χ0n) is 14.6. The summed E-state index contributed by atoms with van der Waals surface area (Å²) in [6, 6.07) is 33.9. The summed E-state index contributed by atoms with van der Waals surface area (Å²) in [4.78, 5) is 5.00. The van der Waals surface area contributed by atoms with Crippen LogP contribution in [0.25, 0.3) is 44.1 Å². The molecule has 1 aromatic heterocycles. The SMILES string of the molecule is Brc1ccc2ccc3nc(-c4ccccc4)cc(-c4ccccc4)c3c2c1. The van der Waals surface area contributed by atoms with Gasteiger partial charge in [0.25, 0.3) is 0 Å². The number of pyridine rings is 1. The van der Waals surface area contributed by atoms with Crippen LogP contribution in [-0.4, -0.2) is 4.98 Å². The lowest BCUT2D eigenvalue weighted by molar-refractivity contribution is 1.40. The Morgan fingerprint density at radius 2 is 1.30 bits per heavy atom. The summed E-state index contributed by atoms with van der Waals surface area (Å²) in [7, 11) is 0. The van der Waals surface area contributed by atoms with Crippen molar-refractivity contribution >= 4 is 37.6 Å². The summed E-state index contributed by atoms with van der Waals surface area (Å²) in [5.41, 5.74) is 5.56. The summed E-state index contributed by atoms with van der Waals surface area (Å²) >= 11 is 3.63. The Morgan fingerprint density at radius 1 is 0.630 bits per heavy atom. The Kier molecular flexibility index (Phi) is 3.99. The van der Waals surface area contributed by atoms with E-state index in [9.17, 15) is 0 Å². The number of hydrogen-bond acceptors (Lipinski definition) is 1. The van der Waals surface area contributed by atoms with Gasteiger partial charge in [0.2, 0.25) is 0 Å². The molecule has 0 spiro atoms. The molecule has 27 heavy (non-hydrogen) atoms. The van der Waals surface area contributed by atoms with Gasteiger partial charge in [0.15, 0.2) is 0 Å². The summed E-state index contributed by atoms with van der Waals surface area (Å²) in [6.45, 7) is 0. The van der Waals surface area contributed by atoms with Crippen molar-refractivity contribution in [2.45, 2.75) is 0 Å². The van der Waals surface area contributed by atoms with E-state index in [2.05, 4.69) is 107 Å². The van der Waals surface area contributed by atoms with Crippen LogP contribution in [0.15, 0.2) is 102 Å². The normalized spacial score (nSPS) is 11.1. The summed E-state index contributed by atoms with van der Waals surface area (Å²) in [5, 5.41) is 3.63. The number of halogens is 1. The van der Waals surface area contributed by atoms with Gasteiger partial charge < -0.3 is 0 Å². The predicted octanol–water partition coefficient (Wildman–Crippen LogP) is 7.48. The molecule has 0 aliphatic heterocycles. The van der Waals surface area contributed by atoms with E-state index in [1.165, 1.54) is 27.3 Å². The maximum absolute atomic E-state index is 5.00. The number of nitrogens with zero attached hydrogens (tertiary/aromatic N) is 1. The van der Waals surface area contributed by atoms with Crippen molar-refractivity contribution in [1.82, 2.24) is 4.98 Å². The molecule has 1 heterocycles. The van der Waals surface area contributed by atoms with Crippen molar-refractivity contribution in [2.75, 3.05) is 0 Å². The Bertz CT molecular complexity index is 1260. The third kappa shape index (κ3) is 2.92. The van der Waals surface area contributed by atoms with Crippen molar-refractivity contribution in [1.29, 1.82) is 0 Å². The molecule has 0 N–H and O–H groups in total. The Balaban J connectivity index is 1.92. The average Bonchev–Trinajstić information content (AvgIpc) is 2.74. The first kappa shape index (κ1) is 16.2. The molecule has 0 atom stereocenters. The molecule has 5 rings (SSSR count). The van der Waals surface area contributed by atoms with Crippen LogP contribution in [-0.2, 0) is 0 Å². The zero-order valence-corrected chi connectivity index (χ0v) is 16.1. The van der Waals surface area contributed by atoms with Crippen molar-refractivity contribution in [2.24, 2.45) is 0 Å². The number of benzene rings is 4. The first-order valence-electron chi connectivity index (χ1n) is 8.93. The van der Waals surface area contributed by atoms with Crippen LogP contribution >= 0.6 is 15.9 Å². The molecule has 0 radical (unpaired) electrons. The van der Waals surface area contributed by atoms with Gasteiger partial charge in [-0.3, -0.25) is 0 Å². The molecule has 0 bridgehead atoms. The summed E-state index contributed by atoms with van der Waals surface area (Å²) in [5.74, 6) is 0. The molecule has 0 amide bonds. The van der Waals surface area contributed by atoms with Gasteiger partial charge in [-0.1, -0.05) is 88.7 Å². The Labute approximate surface area is 166 Å². The average molecular weight is 410 g/mol. The van der Waals surface area contributed by atoms with Crippen molar-refractivity contribution in [3.63, 3.8) is 0 Å². The van der Waals surface area contributed by atoms with E-state index in [-0.39, 0.29) is 0 Å². The minimum atomic E-state index is 0.997. The second kappa shape index (κ2) is 6.64. The molecular formula is C25H16BrN. The fraction of sp³-hybridized carbons (Fsp3) is 0. The van der Waals surface area contributed by atoms with Gasteiger partial charge in [0.05, 0.1) is 11.2 Å². The predicted molar refractivity (Wildman–Crippen MR) is 118 cm³/mol. The highest BCUT2D eigenvalue weighted by Crippen LogP contribution is 2.37. The number of hydrogen-bond donors (Lipinski definition) is 0. The fourth-order valence-corrected chi connectivity index (χ4v) is 3.99. The molecule has 2 heteroatoms. The third-order valence-electron chi connectivity index (χ3n) is 4.91. The molecule has 0 saturated heterocycles. The van der Waals surface area contributed by atoms with E-state index in [0.29, 0.717) is 0 Å². The highest BCUT2D eigenvalue weighted by molar-refractivity contribution is 9.10. The highest BCUT2D eigenvalue weighted by Gasteiger charge is 2.12. The molecule has 5 aromatic rings. The third-order valence-corrected chi connectivity index (χ3v) is 5.40. The van der Waals surface area contributed by atoms with Crippen molar-refractivity contribution in [3.05, 3.63) is 102 Å². The van der Waals surface area contributed by atoms with E-state index >= 15 is 0 Å². The Hall–Kier alpha value is -2.97. The smallest absolute Gasteiger partial charge is 0.0722 e. The van der Waals surface area contributed by atoms with E-state index in [4.69, 9.17) is 4.98 Å². The fourth-order valence-electron chi connectivity index (χ4n) is 3.63. The van der Waals surface area contributed by atoms with Gasteiger partial charge in [-0.2, -0.15) is 0 Å². The van der Waals surface area contributed by atoms with Crippen LogP contribution in [0.2, 0.25) is 0 Å². The Morgan fingerprint density at radius 3 is 2.04 bits per heavy atom. The molecule has 0 saturated carbocycles. The number of aromatic nitrogens is 1. The van der Waals surface area contributed by atoms with Gasteiger partial charge in [-0.25, -0.2) is 4.98 Å². The summed E-state index contributed by atoms with van der Waals surface area (Å²) < 4.78 is 1.08. The lowest BCUT2D eigenvalue weighted by atomic mass is 9.94. The van der Waals surface area contributed by atoms with E-state index in [1.54, 1.807) is 0 Å². The van der Waals surface area contributed by atoms with E-state index in [1.807, 2.05) is 6.07 Å². The van der Waals surface area contributed by atoms with E-state index in [0.717, 1.165) is 21.2 Å². The summed E-state index contributed by atoms with van der Waals surface area (Å²) in [6.07, 6.45) is 0. The lowest BCUT2D eigenvalue weighted by Crippen LogP contribution is -1.91. The maximum atomic E-state index is 5.00. The second-order valence-electron chi connectivity index (χ2n) is 6.61. The van der Waals surface area contributed by atoms with Crippen molar-refractivity contribution in [3.8, 4) is 22.4 Å². The van der Waals surface area contributed by atoms with Gasteiger partial charge in [0.1, 0.15) is 0 Å². The monoisotopic (exact) mass is 409 g/mol. The van der Waals surface area contributed by atoms with E-state index < -0.39 is 0 Å². The number of rotatable bonds is 2. The molecule has 1 nitrogen and oxygen atoms in total. The highest BCUT2D eigenvalue weighted by atomic mass is 79.9. The van der Waals surface area contributed by atoms with Crippen LogP contribution in [0.4, 0.5) is 0 Å². The van der Waals surface area contributed by atoms with Crippen LogP contribution in [0.3, 0.4) is 0 Å². The molecule has 0 aliphatic carbocycles. The molecular weight excluding hydrogens is 394 g/mol. The molecule has 4 aromatic carbocycles. The lowest BCUT2D eigenvalue weighted by Gasteiger charge is -2.13. The van der Waals surface area contributed by atoms with Crippen LogP contribution in [0, 0.1) is 0 Å². The minimum absolute atomic E-state index is 0.997. The van der Waals surface area contributed by atoms with Crippen LogP contribution in [0.1, 0.15) is 0 Å². The largest absolute Gasteiger partial charge is 0.248 e. The van der Waals surface area contributed by atoms with Crippen LogP contribution < -0.4 is 0 Å². The second-order valence-corrected chi connectivity index (χ2v) is 7.53. The first-order valence-corrected chi connectivity index (χ1v) is 9.73. The molecule has 0 aliphatic rings. The van der Waals surface area contributed by atoms with Crippen molar-refractivity contribution < 1.29 is 0 Å².